The van der Waals surface area contributed by atoms with Gasteiger partial charge in [-0.25, -0.2) is 0 Å². The van der Waals surface area contributed by atoms with Crippen LogP contribution in [0.5, 0.6) is 5.75 Å². The molecule has 2 N–H and O–H groups in total. The summed E-state index contributed by atoms with van der Waals surface area (Å²) >= 11 is 0. The molecule has 1 unspecified atom stereocenters. The third kappa shape index (κ3) is 4.00. The van der Waals surface area contributed by atoms with Gasteiger partial charge in [-0.1, -0.05) is 30.3 Å². The van der Waals surface area contributed by atoms with E-state index in [9.17, 15) is 10.4 Å². The van der Waals surface area contributed by atoms with Crippen molar-refractivity contribution >= 4 is 5.69 Å². The summed E-state index contributed by atoms with van der Waals surface area (Å²) in [5.41, 5.74) is 2.61. The first-order valence-electron chi connectivity index (χ1n) is 7.05. The number of anilines is 1. The van der Waals surface area contributed by atoms with Crippen molar-refractivity contribution in [3.63, 3.8) is 0 Å². The number of aromatic hydroxyl groups is 1. The number of rotatable bonds is 5. The second-order valence-corrected chi connectivity index (χ2v) is 5.55. The number of para-hydroxylation sites is 1. The SMILES string of the molecule is Cc1ccccc1NC(C)(C#N)CCc1ccc(O)cc1. The van der Waals surface area contributed by atoms with Gasteiger partial charge >= 0.3 is 0 Å². The lowest BCUT2D eigenvalue weighted by molar-refractivity contribution is 0.475. The molecule has 3 nitrogen and oxygen atoms in total. The lowest BCUT2D eigenvalue weighted by atomic mass is 9.94. The van der Waals surface area contributed by atoms with Gasteiger partial charge < -0.3 is 10.4 Å². The van der Waals surface area contributed by atoms with E-state index in [1.54, 1.807) is 12.1 Å². The molecule has 2 aromatic carbocycles. The molecule has 2 aromatic rings. The van der Waals surface area contributed by atoms with Gasteiger partial charge in [-0.2, -0.15) is 5.26 Å². The van der Waals surface area contributed by atoms with Crippen molar-refractivity contribution in [1.82, 2.24) is 0 Å². The zero-order chi connectivity index (χ0) is 15.3. The highest BCUT2D eigenvalue weighted by atomic mass is 16.3. The van der Waals surface area contributed by atoms with Crippen LogP contribution in [0.3, 0.4) is 0 Å². The van der Waals surface area contributed by atoms with E-state index in [1.807, 2.05) is 50.2 Å². The van der Waals surface area contributed by atoms with Crippen LogP contribution < -0.4 is 5.32 Å². The van der Waals surface area contributed by atoms with E-state index in [0.29, 0.717) is 6.42 Å². The summed E-state index contributed by atoms with van der Waals surface area (Å²) in [6.45, 7) is 3.94. The number of nitrogens with zero attached hydrogens (tertiary/aromatic N) is 1. The second kappa shape index (κ2) is 6.32. The van der Waals surface area contributed by atoms with Crippen molar-refractivity contribution in [1.29, 1.82) is 5.26 Å². The predicted octanol–water partition coefficient (Wildman–Crippen LogP) is 4.03. The Hall–Kier alpha value is -2.47. The van der Waals surface area contributed by atoms with Gasteiger partial charge in [-0.15, -0.1) is 0 Å². The molecule has 0 spiro atoms. The molecule has 2 rings (SSSR count). The molecule has 0 amide bonds. The van der Waals surface area contributed by atoms with Crippen LogP contribution in [0.2, 0.25) is 0 Å². The number of hydrogen-bond acceptors (Lipinski definition) is 3. The van der Waals surface area contributed by atoms with E-state index in [4.69, 9.17) is 0 Å². The summed E-state index contributed by atoms with van der Waals surface area (Å²) in [6.07, 6.45) is 1.48. The summed E-state index contributed by atoms with van der Waals surface area (Å²) in [7, 11) is 0. The first kappa shape index (κ1) is 14.9. The molecule has 21 heavy (non-hydrogen) atoms. The minimum Gasteiger partial charge on any atom is -0.508 e. The van der Waals surface area contributed by atoms with Crippen molar-refractivity contribution in [2.24, 2.45) is 0 Å². The molecule has 0 aromatic heterocycles. The third-order valence-corrected chi connectivity index (χ3v) is 3.65. The molecule has 0 saturated carbocycles. The minimum absolute atomic E-state index is 0.264. The molecular weight excluding hydrogens is 260 g/mol. The Balaban J connectivity index is 2.06. The highest BCUT2D eigenvalue weighted by Gasteiger charge is 2.23. The van der Waals surface area contributed by atoms with Crippen LogP contribution >= 0.6 is 0 Å². The number of phenolic OH excluding ortho intramolecular Hbond substituents is 1. The number of nitriles is 1. The first-order chi connectivity index (χ1) is 10.0. The molecule has 0 aliphatic carbocycles. The van der Waals surface area contributed by atoms with Gasteiger partial charge in [-0.05, 0) is 56.0 Å². The number of aryl methyl sites for hydroxylation is 2. The zero-order valence-electron chi connectivity index (χ0n) is 12.4. The van der Waals surface area contributed by atoms with Crippen molar-refractivity contribution in [2.75, 3.05) is 5.32 Å². The molecule has 3 heteroatoms. The lowest BCUT2D eigenvalue weighted by Gasteiger charge is -2.25. The van der Waals surface area contributed by atoms with Crippen molar-refractivity contribution in [2.45, 2.75) is 32.2 Å². The standard InChI is InChI=1S/C18H20N2O/c1-14-5-3-4-6-17(14)20-18(2,13-19)12-11-15-7-9-16(21)10-8-15/h3-10,20-21H,11-12H2,1-2H3. The van der Waals surface area contributed by atoms with E-state index in [0.717, 1.165) is 23.2 Å². The number of phenols is 1. The molecule has 0 aliphatic rings. The quantitative estimate of drug-likeness (QED) is 0.869. The largest absolute Gasteiger partial charge is 0.508 e. The molecule has 108 valence electrons. The zero-order valence-corrected chi connectivity index (χ0v) is 12.4. The van der Waals surface area contributed by atoms with E-state index >= 15 is 0 Å². The maximum absolute atomic E-state index is 9.51. The fourth-order valence-corrected chi connectivity index (χ4v) is 2.21. The highest BCUT2D eigenvalue weighted by Crippen LogP contribution is 2.23. The third-order valence-electron chi connectivity index (χ3n) is 3.65. The summed E-state index contributed by atoms with van der Waals surface area (Å²) in [5.74, 6) is 0.264. The Kier molecular flexibility index (Phi) is 4.49. The van der Waals surface area contributed by atoms with Gasteiger partial charge in [0.15, 0.2) is 0 Å². The van der Waals surface area contributed by atoms with Gasteiger partial charge in [0, 0.05) is 5.69 Å². The summed E-state index contributed by atoms with van der Waals surface area (Å²) in [6, 6.07) is 17.5. The summed E-state index contributed by atoms with van der Waals surface area (Å²) < 4.78 is 0. The van der Waals surface area contributed by atoms with Crippen molar-refractivity contribution in [3.8, 4) is 11.8 Å². The minimum atomic E-state index is -0.621. The van der Waals surface area contributed by atoms with Crippen molar-refractivity contribution < 1.29 is 5.11 Å². The maximum atomic E-state index is 9.51. The van der Waals surface area contributed by atoms with Gasteiger partial charge in [0.1, 0.15) is 11.3 Å². The molecule has 0 heterocycles. The van der Waals surface area contributed by atoms with Gasteiger partial charge in [0.25, 0.3) is 0 Å². The number of hydrogen-bond donors (Lipinski definition) is 2. The molecular formula is C18H20N2O. The average molecular weight is 280 g/mol. The molecule has 0 aliphatic heterocycles. The second-order valence-electron chi connectivity index (χ2n) is 5.55. The van der Waals surface area contributed by atoms with E-state index in [-0.39, 0.29) is 5.75 Å². The molecule has 0 saturated heterocycles. The normalized spacial score (nSPS) is 13.2. The maximum Gasteiger partial charge on any atom is 0.122 e. The Morgan fingerprint density at radius 3 is 2.43 bits per heavy atom. The van der Waals surface area contributed by atoms with Crippen molar-refractivity contribution in [3.05, 3.63) is 59.7 Å². The van der Waals surface area contributed by atoms with Crippen LogP contribution in [0, 0.1) is 18.3 Å². The van der Waals surface area contributed by atoms with Crippen LogP contribution in [0.15, 0.2) is 48.5 Å². The molecule has 1 atom stereocenters. The Morgan fingerprint density at radius 2 is 1.81 bits per heavy atom. The van der Waals surface area contributed by atoms with Crippen LogP contribution in [0.1, 0.15) is 24.5 Å². The van der Waals surface area contributed by atoms with E-state index < -0.39 is 5.54 Å². The Bertz CT molecular complexity index is 643. The topological polar surface area (TPSA) is 56.0 Å². The molecule has 0 fully saturated rings. The fraction of sp³-hybridized carbons (Fsp3) is 0.278. The fourth-order valence-electron chi connectivity index (χ4n) is 2.21. The smallest absolute Gasteiger partial charge is 0.122 e. The Morgan fingerprint density at radius 1 is 1.14 bits per heavy atom. The van der Waals surface area contributed by atoms with Gasteiger partial charge in [0.2, 0.25) is 0 Å². The number of nitrogens with one attached hydrogen (secondary N) is 1. The highest BCUT2D eigenvalue weighted by molar-refractivity contribution is 5.53. The van der Waals surface area contributed by atoms with Crippen LogP contribution in [0.4, 0.5) is 5.69 Å². The van der Waals surface area contributed by atoms with Crippen LogP contribution in [-0.4, -0.2) is 10.6 Å². The van der Waals surface area contributed by atoms with E-state index in [2.05, 4.69) is 11.4 Å². The average Bonchev–Trinajstić information content (AvgIpc) is 2.49. The van der Waals surface area contributed by atoms with Gasteiger partial charge in [0.05, 0.1) is 6.07 Å². The summed E-state index contributed by atoms with van der Waals surface area (Å²) in [5, 5.41) is 22.1. The number of benzene rings is 2. The summed E-state index contributed by atoms with van der Waals surface area (Å²) in [4.78, 5) is 0. The lowest BCUT2D eigenvalue weighted by Crippen LogP contribution is -2.33. The molecule has 0 radical (unpaired) electrons. The molecule has 0 bridgehead atoms. The van der Waals surface area contributed by atoms with Crippen LogP contribution in [-0.2, 0) is 6.42 Å². The monoisotopic (exact) mass is 280 g/mol. The predicted molar refractivity (Wildman–Crippen MR) is 85.2 cm³/mol. The Labute approximate surface area is 125 Å². The van der Waals surface area contributed by atoms with Gasteiger partial charge in [-0.3, -0.25) is 0 Å². The van der Waals surface area contributed by atoms with E-state index in [1.165, 1.54) is 0 Å². The first-order valence-corrected chi connectivity index (χ1v) is 7.05. The van der Waals surface area contributed by atoms with Crippen LogP contribution in [0.25, 0.3) is 0 Å².